The Balaban J connectivity index is 1.53. The number of anilines is 1. The zero-order valence-electron chi connectivity index (χ0n) is 13.9. The van der Waals surface area contributed by atoms with Crippen LogP contribution in [0, 0.1) is 6.92 Å². The number of aromatic nitrogens is 4. The van der Waals surface area contributed by atoms with E-state index in [1.807, 2.05) is 55.5 Å². The van der Waals surface area contributed by atoms with Crippen molar-refractivity contribution in [3.63, 3.8) is 0 Å². The van der Waals surface area contributed by atoms with Gasteiger partial charge in [0.15, 0.2) is 11.6 Å². The van der Waals surface area contributed by atoms with Gasteiger partial charge in [0.2, 0.25) is 0 Å². The highest BCUT2D eigenvalue weighted by atomic mass is 32.1. The highest BCUT2D eigenvalue weighted by Crippen LogP contribution is 2.23. The molecule has 0 aliphatic heterocycles. The second kappa shape index (κ2) is 6.89. The number of amides is 1. The van der Waals surface area contributed by atoms with Crippen LogP contribution >= 0.6 is 11.3 Å². The van der Waals surface area contributed by atoms with Crippen LogP contribution in [0.2, 0.25) is 0 Å². The monoisotopic (exact) mass is 361 g/mol. The topological polar surface area (TPSA) is 83.6 Å². The van der Waals surface area contributed by atoms with Crippen molar-refractivity contribution in [2.24, 2.45) is 0 Å². The average molecular weight is 361 g/mol. The molecule has 4 rings (SSSR count). The smallest absolute Gasteiger partial charge is 0.275 e. The van der Waals surface area contributed by atoms with Gasteiger partial charge in [0, 0.05) is 22.2 Å². The number of benzene rings is 2. The van der Waals surface area contributed by atoms with Crippen molar-refractivity contribution in [2.75, 3.05) is 5.32 Å². The van der Waals surface area contributed by atoms with E-state index in [4.69, 9.17) is 0 Å². The van der Waals surface area contributed by atoms with E-state index < -0.39 is 0 Å². The van der Waals surface area contributed by atoms with Crippen LogP contribution in [0.1, 0.15) is 16.1 Å². The molecule has 0 atom stereocenters. The van der Waals surface area contributed by atoms with Crippen molar-refractivity contribution in [1.82, 2.24) is 20.2 Å². The molecular formula is C19H15N5OS. The normalized spacial score (nSPS) is 10.7. The number of carbonyl (C=O) groups is 1. The number of hydrogen-bond acceptors (Lipinski definition) is 5. The van der Waals surface area contributed by atoms with Crippen LogP contribution in [-0.4, -0.2) is 26.1 Å². The molecule has 2 aromatic carbocycles. The SMILES string of the molecule is Cc1ccccc1-c1nnc(-c2ccc(NC(=O)c3cscn3)cc2)[nH]1. The number of aromatic amines is 1. The predicted molar refractivity (Wildman–Crippen MR) is 102 cm³/mol. The Kier molecular flexibility index (Phi) is 4.28. The summed E-state index contributed by atoms with van der Waals surface area (Å²) < 4.78 is 0. The van der Waals surface area contributed by atoms with Gasteiger partial charge in [-0.05, 0) is 36.8 Å². The van der Waals surface area contributed by atoms with Crippen molar-refractivity contribution >= 4 is 22.9 Å². The molecule has 0 unspecified atom stereocenters. The number of nitrogens with one attached hydrogen (secondary N) is 2. The molecule has 0 aliphatic rings. The molecule has 2 aromatic heterocycles. The molecular weight excluding hydrogens is 346 g/mol. The summed E-state index contributed by atoms with van der Waals surface area (Å²) in [5.41, 5.74) is 5.80. The van der Waals surface area contributed by atoms with E-state index in [2.05, 4.69) is 25.5 Å². The molecule has 6 nitrogen and oxygen atoms in total. The second-order valence-corrected chi connectivity index (χ2v) is 6.46. The zero-order valence-corrected chi connectivity index (χ0v) is 14.7. The third kappa shape index (κ3) is 3.25. The first kappa shape index (κ1) is 16.2. The molecule has 0 aliphatic carbocycles. The lowest BCUT2D eigenvalue weighted by atomic mass is 10.1. The summed E-state index contributed by atoms with van der Waals surface area (Å²) >= 11 is 1.39. The van der Waals surface area contributed by atoms with E-state index in [9.17, 15) is 4.79 Å². The standard InChI is InChI=1S/C19H15N5OS/c1-12-4-2-3-5-15(12)18-22-17(23-24-18)13-6-8-14(9-7-13)21-19(25)16-10-26-11-20-16/h2-11H,1H3,(H,21,25)(H,22,23,24). The van der Waals surface area contributed by atoms with Gasteiger partial charge in [-0.2, -0.15) is 0 Å². The first-order chi connectivity index (χ1) is 12.7. The predicted octanol–water partition coefficient (Wildman–Crippen LogP) is 4.16. The maximum absolute atomic E-state index is 12.0. The molecule has 0 saturated carbocycles. The number of nitrogens with zero attached hydrogens (tertiary/aromatic N) is 3. The Morgan fingerprint density at radius 2 is 1.81 bits per heavy atom. The summed E-state index contributed by atoms with van der Waals surface area (Å²) in [7, 11) is 0. The van der Waals surface area contributed by atoms with Gasteiger partial charge in [-0.1, -0.05) is 24.3 Å². The van der Waals surface area contributed by atoms with Crippen LogP contribution in [-0.2, 0) is 0 Å². The van der Waals surface area contributed by atoms with E-state index in [1.54, 1.807) is 10.9 Å². The number of carbonyl (C=O) groups excluding carboxylic acids is 1. The fourth-order valence-electron chi connectivity index (χ4n) is 2.58. The number of thiazole rings is 1. The molecule has 0 bridgehead atoms. The summed E-state index contributed by atoms with van der Waals surface area (Å²) in [6.07, 6.45) is 0. The molecule has 0 fully saturated rings. The van der Waals surface area contributed by atoms with Crippen LogP contribution < -0.4 is 5.32 Å². The van der Waals surface area contributed by atoms with Gasteiger partial charge >= 0.3 is 0 Å². The second-order valence-electron chi connectivity index (χ2n) is 5.74. The highest BCUT2D eigenvalue weighted by molar-refractivity contribution is 7.07. The van der Waals surface area contributed by atoms with Gasteiger partial charge in [-0.25, -0.2) is 4.98 Å². The Morgan fingerprint density at radius 1 is 1.04 bits per heavy atom. The largest absolute Gasteiger partial charge is 0.321 e. The molecule has 0 spiro atoms. The van der Waals surface area contributed by atoms with Gasteiger partial charge < -0.3 is 10.3 Å². The summed E-state index contributed by atoms with van der Waals surface area (Å²) in [5, 5.41) is 13.0. The van der Waals surface area contributed by atoms with Gasteiger partial charge in [0.05, 0.1) is 5.51 Å². The Bertz CT molecular complexity index is 1040. The van der Waals surface area contributed by atoms with Gasteiger partial charge in [-0.15, -0.1) is 21.5 Å². The van der Waals surface area contributed by atoms with Crippen LogP contribution in [0.25, 0.3) is 22.8 Å². The zero-order chi connectivity index (χ0) is 17.9. The number of H-pyrrole nitrogens is 1. The van der Waals surface area contributed by atoms with Crippen molar-refractivity contribution in [3.05, 3.63) is 70.7 Å². The quantitative estimate of drug-likeness (QED) is 0.572. The molecule has 2 heterocycles. The van der Waals surface area contributed by atoms with Crippen molar-refractivity contribution < 1.29 is 4.79 Å². The maximum atomic E-state index is 12.0. The molecule has 0 radical (unpaired) electrons. The van der Waals surface area contributed by atoms with Crippen molar-refractivity contribution in [3.8, 4) is 22.8 Å². The van der Waals surface area contributed by atoms with Crippen molar-refractivity contribution in [2.45, 2.75) is 6.92 Å². The minimum atomic E-state index is -0.222. The molecule has 0 saturated heterocycles. The first-order valence-corrected chi connectivity index (χ1v) is 8.93. The third-order valence-corrected chi connectivity index (χ3v) is 4.55. The van der Waals surface area contributed by atoms with Gasteiger partial charge in [0.25, 0.3) is 5.91 Å². The van der Waals surface area contributed by atoms with Crippen LogP contribution in [0.4, 0.5) is 5.69 Å². The van der Waals surface area contributed by atoms with Crippen LogP contribution in [0.5, 0.6) is 0 Å². The Hall–Kier alpha value is -3.32. The van der Waals surface area contributed by atoms with E-state index in [-0.39, 0.29) is 5.91 Å². The van der Waals surface area contributed by atoms with E-state index >= 15 is 0 Å². The van der Waals surface area contributed by atoms with E-state index in [1.165, 1.54) is 11.3 Å². The molecule has 128 valence electrons. The number of aryl methyl sites for hydroxylation is 1. The fourth-order valence-corrected chi connectivity index (χ4v) is 3.12. The fraction of sp³-hybridized carbons (Fsp3) is 0.0526. The Labute approximate surface area is 154 Å². The lowest BCUT2D eigenvalue weighted by molar-refractivity contribution is 0.102. The number of hydrogen-bond donors (Lipinski definition) is 2. The molecule has 2 N–H and O–H groups in total. The summed E-state index contributed by atoms with van der Waals surface area (Å²) in [6.45, 7) is 2.04. The first-order valence-electron chi connectivity index (χ1n) is 7.99. The van der Waals surface area contributed by atoms with Crippen molar-refractivity contribution in [1.29, 1.82) is 0 Å². The van der Waals surface area contributed by atoms with Crippen LogP contribution in [0.3, 0.4) is 0 Å². The van der Waals surface area contributed by atoms with Crippen LogP contribution in [0.15, 0.2) is 59.4 Å². The highest BCUT2D eigenvalue weighted by Gasteiger charge is 2.10. The van der Waals surface area contributed by atoms with Gasteiger partial charge in [-0.3, -0.25) is 4.79 Å². The van der Waals surface area contributed by atoms with E-state index in [0.717, 1.165) is 22.5 Å². The maximum Gasteiger partial charge on any atom is 0.275 e. The lowest BCUT2D eigenvalue weighted by Crippen LogP contribution is -2.11. The number of rotatable bonds is 4. The molecule has 1 amide bonds. The molecule has 7 heteroatoms. The summed E-state index contributed by atoms with van der Waals surface area (Å²) in [6, 6.07) is 15.5. The van der Waals surface area contributed by atoms with E-state index in [0.29, 0.717) is 17.2 Å². The Morgan fingerprint density at radius 3 is 2.54 bits per heavy atom. The molecule has 26 heavy (non-hydrogen) atoms. The molecule has 4 aromatic rings. The lowest BCUT2D eigenvalue weighted by Gasteiger charge is -2.04. The minimum Gasteiger partial charge on any atom is -0.321 e. The average Bonchev–Trinajstić information content (AvgIpc) is 3.35. The summed E-state index contributed by atoms with van der Waals surface area (Å²) in [4.78, 5) is 19.3. The minimum absolute atomic E-state index is 0.222. The third-order valence-electron chi connectivity index (χ3n) is 3.97. The summed E-state index contributed by atoms with van der Waals surface area (Å²) in [5.74, 6) is 1.19. The van der Waals surface area contributed by atoms with Gasteiger partial charge in [0.1, 0.15) is 5.69 Å².